The Kier molecular flexibility index (Phi) is 4.65. The van der Waals surface area contributed by atoms with Crippen LogP contribution in [0.5, 0.6) is 5.75 Å². The summed E-state index contributed by atoms with van der Waals surface area (Å²) < 4.78 is 6.16. The predicted octanol–water partition coefficient (Wildman–Crippen LogP) is 3.61. The maximum absolute atomic E-state index is 6.16. The Hall–Kier alpha value is -1.02. The van der Waals surface area contributed by atoms with E-state index in [1.54, 1.807) is 0 Å². The fourth-order valence-electron chi connectivity index (χ4n) is 3.09. The summed E-state index contributed by atoms with van der Waals surface area (Å²) in [5, 5.41) is 3.17. The Morgan fingerprint density at radius 2 is 1.89 bits per heavy atom. The average Bonchev–Trinajstić information content (AvgIpc) is 2.28. The Balaban J connectivity index is 1.97. The molecule has 18 heavy (non-hydrogen) atoms. The lowest BCUT2D eigenvalue weighted by molar-refractivity contribution is 0.101. The van der Waals surface area contributed by atoms with Crippen molar-refractivity contribution in [2.45, 2.75) is 45.8 Å². The quantitative estimate of drug-likeness (QED) is 0.877. The molecule has 0 saturated heterocycles. The van der Waals surface area contributed by atoms with Crippen LogP contribution in [0.25, 0.3) is 0 Å². The van der Waals surface area contributed by atoms with Crippen molar-refractivity contribution in [2.75, 3.05) is 7.05 Å². The summed E-state index contributed by atoms with van der Waals surface area (Å²) in [5.74, 6) is 2.60. The van der Waals surface area contributed by atoms with Gasteiger partial charge in [0.15, 0.2) is 0 Å². The zero-order valence-corrected chi connectivity index (χ0v) is 11.8. The minimum atomic E-state index is 0.397. The van der Waals surface area contributed by atoms with Crippen molar-refractivity contribution >= 4 is 0 Å². The maximum Gasteiger partial charge on any atom is 0.120 e. The van der Waals surface area contributed by atoms with Gasteiger partial charge >= 0.3 is 0 Å². The number of hydrogen-bond acceptors (Lipinski definition) is 2. The van der Waals surface area contributed by atoms with E-state index < -0.39 is 0 Å². The third kappa shape index (κ3) is 3.74. The van der Waals surface area contributed by atoms with Crippen molar-refractivity contribution in [3.63, 3.8) is 0 Å². The molecule has 1 N–H and O–H groups in total. The van der Waals surface area contributed by atoms with E-state index in [1.807, 2.05) is 7.05 Å². The zero-order valence-electron chi connectivity index (χ0n) is 11.8. The van der Waals surface area contributed by atoms with Gasteiger partial charge in [-0.15, -0.1) is 0 Å². The Morgan fingerprint density at radius 3 is 2.56 bits per heavy atom. The molecule has 1 aromatic carbocycles. The number of nitrogens with one attached hydrogen (secondary N) is 1. The average molecular weight is 247 g/mol. The van der Waals surface area contributed by atoms with Gasteiger partial charge in [-0.2, -0.15) is 0 Å². The van der Waals surface area contributed by atoms with E-state index in [1.165, 1.54) is 24.8 Å². The molecule has 2 unspecified atom stereocenters. The molecule has 2 nitrogen and oxygen atoms in total. The van der Waals surface area contributed by atoms with E-state index in [0.717, 1.165) is 24.1 Å². The van der Waals surface area contributed by atoms with Crippen molar-refractivity contribution in [1.29, 1.82) is 0 Å². The Bertz CT molecular complexity index is 367. The second-order valence-electron chi connectivity index (χ2n) is 5.84. The van der Waals surface area contributed by atoms with Crippen LogP contribution in [0.15, 0.2) is 24.3 Å². The summed E-state index contributed by atoms with van der Waals surface area (Å²) in [6.45, 7) is 5.57. The topological polar surface area (TPSA) is 21.3 Å². The molecule has 1 aliphatic rings. The summed E-state index contributed by atoms with van der Waals surface area (Å²) in [5.41, 5.74) is 1.28. The Labute approximate surface area is 111 Å². The minimum absolute atomic E-state index is 0.397. The van der Waals surface area contributed by atoms with Crippen LogP contribution >= 0.6 is 0 Å². The molecule has 1 aromatic rings. The first-order valence-corrected chi connectivity index (χ1v) is 7.07. The molecule has 1 saturated carbocycles. The summed E-state index contributed by atoms with van der Waals surface area (Å²) in [6.07, 6.45) is 4.13. The SMILES string of the molecule is CNCc1cccc(OC2CC(C)CC(C)C2)c1. The molecule has 1 aliphatic carbocycles. The molecular formula is C16H25NO. The largest absolute Gasteiger partial charge is 0.490 e. The van der Waals surface area contributed by atoms with Crippen molar-refractivity contribution in [1.82, 2.24) is 5.32 Å². The van der Waals surface area contributed by atoms with Gasteiger partial charge in [-0.25, -0.2) is 0 Å². The molecule has 0 bridgehead atoms. The van der Waals surface area contributed by atoms with E-state index in [2.05, 4.69) is 43.4 Å². The molecule has 0 aliphatic heterocycles. The van der Waals surface area contributed by atoms with Gasteiger partial charge in [0.25, 0.3) is 0 Å². The first kappa shape index (κ1) is 13.4. The highest BCUT2D eigenvalue weighted by Gasteiger charge is 2.25. The van der Waals surface area contributed by atoms with Crippen LogP contribution in [0, 0.1) is 11.8 Å². The predicted molar refractivity (Wildman–Crippen MR) is 75.8 cm³/mol. The van der Waals surface area contributed by atoms with E-state index >= 15 is 0 Å². The lowest BCUT2D eigenvalue weighted by atomic mass is 9.82. The van der Waals surface area contributed by atoms with E-state index in [-0.39, 0.29) is 0 Å². The molecule has 2 atom stereocenters. The maximum atomic E-state index is 6.16. The van der Waals surface area contributed by atoms with Gasteiger partial charge in [0.1, 0.15) is 5.75 Å². The highest BCUT2D eigenvalue weighted by Crippen LogP contribution is 2.31. The standard InChI is InChI=1S/C16H25NO/c1-12-7-13(2)9-16(8-12)18-15-6-4-5-14(10-15)11-17-3/h4-6,10,12-13,16-17H,7-9,11H2,1-3H3. The van der Waals surface area contributed by atoms with Gasteiger partial charge in [0.2, 0.25) is 0 Å². The third-order valence-corrected chi connectivity index (χ3v) is 3.72. The van der Waals surface area contributed by atoms with E-state index in [0.29, 0.717) is 6.10 Å². The number of ether oxygens (including phenoxy) is 1. The van der Waals surface area contributed by atoms with Crippen LogP contribution in [-0.4, -0.2) is 13.2 Å². The molecule has 100 valence electrons. The van der Waals surface area contributed by atoms with Crippen molar-refractivity contribution < 1.29 is 4.74 Å². The van der Waals surface area contributed by atoms with Gasteiger partial charge in [-0.1, -0.05) is 26.0 Å². The summed E-state index contributed by atoms with van der Waals surface area (Å²) in [6, 6.07) is 8.44. The minimum Gasteiger partial charge on any atom is -0.490 e. The second kappa shape index (κ2) is 6.24. The fraction of sp³-hybridized carbons (Fsp3) is 0.625. The number of benzene rings is 1. The van der Waals surface area contributed by atoms with Crippen molar-refractivity contribution in [2.24, 2.45) is 11.8 Å². The summed E-state index contributed by atoms with van der Waals surface area (Å²) in [7, 11) is 1.97. The summed E-state index contributed by atoms with van der Waals surface area (Å²) >= 11 is 0. The molecule has 0 amide bonds. The molecular weight excluding hydrogens is 222 g/mol. The van der Waals surface area contributed by atoms with Gasteiger partial charge in [0.05, 0.1) is 6.10 Å². The zero-order chi connectivity index (χ0) is 13.0. The fourth-order valence-corrected chi connectivity index (χ4v) is 3.09. The molecule has 0 spiro atoms. The van der Waals surface area contributed by atoms with Gasteiger partial charge in [0, 0.05) is 6.54 Å². The number of rotatable bonds is 4. The first-order valence-electron chi connectivity index (χ1n) is 7.07. The van der Waals surface area contributed by atoms with Crippen molar-refractivity contribution in [3.05, 3.63) is 29.8 Å². The Morgan fingerprint density at radius 1 is 1.17 bits per heavy atom. The normalized spacial score (nSPS) is 28.1. The van der Waals surface area contributed by atoms with Crippen LogP contribution in [0.4, 0.5) is 0 Å². The molecule has 1 fully saturated rings. The lowest BCUT2D eigenvalue weighted by Gasteiger charge is -2.31. The van der Waals surface area contributed by atoms with Crippen molar-refractivity contribution in [3.8, 4) is 5.75 Å². The monoisotopic (exact) mass is 247 g/mol. The van der Waals surface area contributed by atoms with Gasteiger partial charge < -0.3 is 10.1 Å². The first-order chi connectivity index (χ1) is 8.67. The second-order valence-corrected chi connectivity index (χ2v) is 5.84. The third-order valence-electron chi connectivity index (χ3n) is 3.72. The van der Waals surface area contributed by atoms with Gasteiger partial charge in [-0.05, 0) is 55.8 Å². The molecule has 0 radical (unpaired) electrons. The van der Waals surface area contributed by atoms with Crippen LogP contribution in [0.3, 0.4) is 0 Å². The molecule has 2 rings (SSSR count). The van der Waals surface area contributed by atoms with Crippen LogP contribution in [-0.2, 0) is 6.54 Å². The van der Waals surface area contributed by atoms with E-state index in [9.17, 15) is 0 Å². The van der Waals surface area contributed by atoms with Crippen LogP contribution < -0.4 is 10.1 Å². The van der Waals surface area contributed by atoms with Crippen LogP contribution in [0.1, 0.15) is 38.7 Å². The highest BCUT2D eigenvalue weighted by atomic mass is 16.5. The molecule has 2 heteroatoms. The smallest absolute Gasteiger partial charge is 0.120 e. The van der Waals surface area contributed by atoms with Crippen LogP contribution in [0.2, 0.25) is 0 Å². The number of hydrogen-bond donors (Lipinski definition) is 1. The van der Waals surface area contributed by atoms with Gasteiger partial charge in [-0.3, -0.25) is 0 Å². The highest BCUT2D eigenvalue weighted by molar-refractivity contribution is 5.28. The molecule has 0 aromatic heterocycles. The summed E-state index contributed by atoms with van der Waals surface area (Å²) in [4.78, 5) is 0. The lowest BCUT2D eigenvalue weighted by Crippen LogP contribution is -2.28. The molecule has 0 heterocycles. The van der Waals surface area contributed by atoms with E-state index in [4.69, 9.17) is 4.74 Å².